The third-order valence-electron chi connectivity index (χ3n) is 1.75. The summed E-state index contributed by atoms with van der Waals surface area (Å²) in [6.45, 7) is 1.25. The highest BCUT2D eigenvalue weighted by Gasteiger charge is 1.97. The molecule has 0 saturated heterocycles. The van der Waals surface area contributed by atoms with Gasteiger partial charge in [-0.05, 0) is 20.0 Å². The highest BCUT2D eigenvalue weighted by molar-refractivity contribution is 4.82. The van der Waals surface area contributed by atoms with Crippen molar-refractivity contribution >= 4 is 0 Å². The Morgan fingerprint density at radius 2 is 2.31 bits per heavy atom. The molecule has 0 amide bonds. The average molecular weight is 183 g/mol. The van der Waals surface area contributed by atoms with Gasteiger partial charge >= 0.3 is 5.69 Å². The van der Waals surface area contributed by atoms with E-state index in [1.165, 1.54) is 16.8 Å². The summed E-state index contributed by atoms with van der Waals surface area (Å²) >= 11 is 0. The fourth-order valence-electron chi connectivity index (χ4n) is 1.08. The topological polar surface area (TPSA) is 66.9 Å². The minimum absolute atomic E-state index is 0.250. The van der Waals surface area contributed by atoms with Gasteiger partial charge in [0.25, 0.3) is 5.56 Å². The molecule has 0 bridgehead atoms. The standard InChI is InChI=1S/C8H13N3O2/c1-9-4-2-6-11-7(12)3-5-10-8(11)13/h3,5,9H,2,4,6H2,1H3,(H,10,13). The number of aromatic nitrogens is 2. The Kier molecular flexibility index (Phi) is 3.45. The largest absolute Gasteiger partial charge is 0.328 e. The third-order valence-corrected chi connectivity index (χ3v) is 1.75. The quantitative estimate of drug-likeness (QED) is 0.597. The van der Waals surface area contributed by atoms with Crippen LogP contribution in [0.25, 0.3) is 0 Å². The molecule has 5 nitrogen and oxygen atoms in total. The molecular weight excluding hydrogens is 170 g/mol. The van der Waals surface area contributed by atoms with Crippen molar-refractivity contribution in [2.45, 2.75) is 13.0 Å². The summed E-state index contributed by atoms with van der Waals surface area (Å²) in [6, 6.07) is 1.35. The van der Waals surface area contributed by atoms with E-state index in [-0.39, 0.29) is 11.2 Å². The molecule has 0 aliphatic heterocycles. The highest BCUT2D eigenvalue weighted by Crippen LogP contribution is 1.78. The molecule has 0 fully saturated rings. The van der Waals surface area contributed by atoms with E-state index in [2.05, 4.69) is 10.3 Å². The van der Waals surface area contributed by atoms with Crippen LogP contribution < -0.4 is 16.6 Å². The number of nitrogens with zero attached hydrogens (tertiary/aromatic N) is 1. The number of aromatic amines is 1. The van der Waals surface area contributed by atoms with Crippen molar-refractivity contribution in [3.05, 3.63) is 33.1 Å². The molecule has 5 heteroatoms. The second-order valence-electron chi connectivity index (χ2n) is 2.73. The van der Waals surface area contributed by atoms with E-state index in [9.17, 15) is 9.59 Å². The van der Waals surface area contributed by atoms with E-state index in [1.807, 2.05) is 7.05 Å². The van der Waals surface area contributed by atoms with Gasteiger partial charge in [0.05, 0.1) is 0 Å². The Hall–Kier alpha value is -1.36. The fraction of sp³-hybridized carbons (Fsp3) is 0.500. The predicted octanol–water partition coefficient (Wildman–Crippen LogP) is -0.854. The van der Waals surface area contributed by atoms with Crippen LogP contribution in [0.4, 0.5) is 0 Å². The summed E-state index contributed by atoms with van der Waals surface area (Å²) in [6.07, 6.45) is 2.13. The molecule has 0 unspecified atom stereocenters. The van der Waals surface area contributed by atoms with Crippen LogP contribution in [0.15, 0.2) is 21.9 Å². The molecule has 1 rings (SSSR count). The number of rotatable bonds is 4. The normalized spacial score (nSPS) is 10.2. The molecular formula is C8H13N3O2. The Balaban J connectivity index is 2.76. The number of nitrogens with one attached hydrogen (secondary N) is 2. The van der Waals surface area contributed by atoms with Crippen molar-refractivity contribution in [1.82, 2.24) is 14.9 Å². The molecule has 13 heavy (non-hydrogen) atoms. The molecule has 0 atom stereocenters. The maximum atomic E-state index is 11.2. The first-order valence-electron chi connectivity index (χ1n) is 4.19. The van der Waals surface area contributed by atoms with Gasteiger partial charge in [0.15, 0.2) is 0 Å². The van der Waals surface area contributed by atoms with Crippen molar-refractivity contribution in [3.63, 3.8) is 0 Å². The lowest BCUT2D eigenvalue weighted by Gasteiger charge is -2.02. The van der Waals surface area contributed by atoms with Gasteiger partial charge in [0, 0.05) is 18.8 Å². The molecule has 1 aromatic rings. The van der Waals surface area contributed by atoms with E-state index in [1.54, 1.807) is 0 Å². The minimum atomic E-state index is -0.344. The molecule has 0 radical (unpaired) electrons. The maximum absolute atomic E-state index is 11.2. The van der Waals surface area contributed by atoms with Crippen LogP contribution in [0, 0.1) is 0 Å². The van der Waals surface area contributed by atoms with Gasteiger partial charge in [-0.1, -0.05) is 0 Å². The highest BCUT2D eigenvalue weighted by atomic mass is 16.2. The lowest BCUT2D eigenvalue weighted by Crippen LogP contribution is -2.34. The van der Waals surface area contributed by atoms with Gasteiger partial charge < -0.3 is 10.3 Å². The van der Waals surface area contributed by atoms with Crippen molar-refractivity contribution in [2.24, 2.45) is 0 Å². The molecule has 0 saturated carbocycles. The Labute approximate surface area is 75.4 Å². The summed E-state index contributed by atoms with van der Waals surface area (Å²) in [5, 5.41) is 2.95. The summed E-state index contributed by atoms with van der Waals surface area (Å²) in [4.78, 5) is 24.7. The number of H-pyrrole nitrogens is 1. The van der Waals surface area contributed by atoms with Crippen LogP contribution in [0.1, 0.15) is 6.42 Å². The van der Waals surface area contributed by atoms with E-state index in [0.717, 1.165) is 13.0 Å². The Morgan fingerprint density at radius 3 is 2.92 bits per heavy atom. The smallest absolute Gasteiger partial charge is 0.320 e. The average Bonchev–Trinajstić information content (AvgIpc) is 2.10. The second-order valence-corrected chi connectivity index (χ2v) is 2.73. The third kappa shape index (κ3) is 2.55. The summed E-state index contributed by atoms with van der Waals surface area (Å²) < 4.78 is 1.19. The van der Waals surface area contributed by atoms with Crippen molar-refractivity contribution in [2.75, 3.05) is 13.6 Å². The summed E-state index contributed by atoms with van der Waals surface area (Å²) in [5.41, 5.74) is -0.594. The van der Waals surface area contributed by atoms with Crippen molar-refractivity contribution < 1.29 is 0 Å². The number of hydrogen-bond acceptors (Lipinski definition) is 3. The van der Waals surface area contributed by atoms with E-state index < -0.39 is 0 Å². The van der Waals surface area contributed by atoms with Gasteiger partial charge in [-0.25, -0.2) is 4.79 Å². The minimum Gasteiger partial charge on any atom is -0.320 e. The van der Waals surface area contributed by atoms with Gasteiger partial charge in [0.2, 0.25) is 0 Å². The molecule has 72 valence electrons. The van der Waals surface area contributed by atoms with E-state index in [4.69, 9.17) is 0 Å². The van der Waals surface area contributed by atoms with Gasteiger partial charge in [-0.3, -0.25) is 9.36 Å². The maximum Gasteiger partial charge on any atom is 0.328 e. The summed E-state index contributed by atoms with van der Waals surface area (Å²) in [7, 11) is 1.83. The van der Waals surface area contributed by atoms with Crippen LogP contribution in [0.5, 0.6) is 0 Å². The molecule has 1 aromatic heterocycles. The lowest BCUT2D eigenvalue weighted by molar-refractivity contribution is 0.572. The molecule has 0 aliphatic carbocycles. The predicted molar refractivity (Wildman–Crippen MR) is 49.9 cm³/mol. The zero-order chi connectivity index (χ0) is 9.68. The molecule has 2 N–H and O–H groups in total. The van der Waals surface area contributed by atoms with Crippen LogP contribution >= 0.6 is 0 Å². The van der Waals surface area contributed by atoms with E-state index in [0.29, 0.717) is 6.54 Å². The SMILES string of the molecule is CNCCCn1c(=O)cc[nH]c1=O. The van der Waals surface area contributed by atoms with Gasteiger partial charge in [-0.2, -0.15) is 0 Å². The molecule has 0 spiro atoms. The monoisotopic (exact) mass is 183 g/mol. The van der Waals surface area contributed by atoms with Gasteiger partial charge in [-0.15, -0.1) is 0 Å². The molecule has 0 aromatic carbocycles. The van der Waals surface area contributed by atoms with Crippen LogP contribution in [-0.2, 0) is 6.54 Å². The zero-order valence-electron chi connectivity index (χ0n) is 7.54. The second kappa shape index (κ2) is 4.61. The first kappa shape index (κ1) is 9.73. The number of hydrogen-bond donors (Lipinski definition) is 2. The van der Waals surface area contributed by atoms with Crippen LogP contribution in [0.2, 0.25) is 0 Å². The first-order valence-corrected chi connectivity index (χ1v) is 4.19. The van der Waals surface area contributed by atoms with Crippen LogP contribution in [-0.4, -0.2) is 23.1 Å². The Bertz CT molecular complexity index is 338. The van der Waals surface area contributed by atoms with Crippen molar-refractivity contribution in [1.29, 1.82) is 0 Å². The molecule has 1 heterocycles. The fourth-order valence-corrected chi connectivity index (χ4v) is 1.08. The Morgan fingerprint density at radius 1 is 1.54 bits per heavy atom. The molecule has 0 aliphatic rings. The van der Waals surface area contributed by atoms with Crippen LogP contribution in [0.3, 0.4) is 0 Å². The van der Waals surface area contributed by atoms with Crippen molar-refractivity contribution in [3.8, 4) is 0 Å². The zero-order valence-corrected chi connectivity index (χ0v) is 7.54. The first-order chi connectivity index (χ1) is 6.25. The van der Waals surface area contributed by atoms with Gasteiger partial charge in [0.1, 0.15) is 0 Å². The lowest BCUT2D eigenvalue weighted by atomic mass is 10.4. The van der Waals surface area contributed by atoms with E-state index >= 15 is 0 Å². The summed E-state index contributed by atoms with van der Waals surface area (Å²) in [5.74, 6) is 0.